The molecule has 1 aromatic rings. The van der Waals surface area contributed by atoms with Gasteiger partial charge in [-0.3, -0.25) is 19.3 Å². The van der Waals surface area contributed by atoms with Crippen LogP contribution in [0.2, 0.25) is 0 Å². The van der Waals surface area contributed by atoms with Crippen LogP contribution in [0.3, 0.4) is 0 Å². The SMILES string of the molecule is O=C(C1CC1)N1CCN(C(=O)C2(F)CN([C@@H]3CCc4c3n[nH]c(=O)c4C(F)(F)F)C2)CC1. The van der Waals surface area contributed by atoms with Gasteiger partial charge in [0, 0.05) is 45.2 Å². The van der Waals surface area contributed by atoms with Crippen molar-refractivity contribution in [2.75, 3.05) is 39.3 Å². The molecule has 3 fully saturated rings. The van der Waals surface area contributed by atoms with Crippen LogP contribution in [0.5, 0.6) is 0 Å². The number of carbonyl (C=O) groups excluding carboxylic acids is 2. The van der Waals surface area contributed by atoms with Crippen LogP contribution in [0, 0.1) is 5.92 Å². The summed E-state index contributed by atoms with van der Waals surface area (Å²) in [6, 6.07) is -0.576. The molecule has 8 nitrogen and oxygen atoms in total. The van der Waals surface area contributed by atoms with Gasteiger partial charge in [-0.15, -0.1) is 0 Å². The second-order valence-electron chi connectivity index (χ2n) is 9.11. The maximum atomic E-state index is 15.3. The van der Waals surface area contributed by atoms with Crippen molar-refractivity contribution in [2.45, 2.75) is 43.6 Å². The first-order valence-electron chi connectivity index (χ1n) is 10.8. The van der Waals surface area contributed by atoms with Crippen molar-refractivity contribution >= 4 is 11.8 Å². The Morgan fingerprint density at radius 3 is 2.25 bits per heavy atom. The van der Waals surface area contributed by atoms with E-state index in [9.17, 15) is 27.6 Å². The number of amides is 2. The molecule has 32 heavy (non-hydrogen) atoms. The molecule has 0 bridgehead atoms. The first kappa shape index (κ1) is 21.4. The zero-order chi connectivity index (χ0) is 22.8. The molecule has 2 aliphatic carbocycles. The van der Waals surface area contributed by atoms with Crippen molar-refractivity contribution in [2.24, 2.45) is 5.92 Å². The smallest absolute Gasteiger partial charge is 0.339 e. The Morgan fingerprint density at radius 2 is 1.66 bits per heavy atom. The zero-order valence-corrected chi connectivity index (χ0v) is 17.3. The predicted molar refractivity (Wildman–Crippen MR) is 102 cm³/mol. The van der Waals surface area contributed by atoms with Gasteiger partial charge in [0.25, 0.3) is 11.5 Å². The highest BCUT2D eigenvalue weighted by molar-refractivity contribution is 5.87. The number of rotatable bonds is 3. The monoisotopic (exact) mass is 457 g/mol. The lowest BCUT2D eigenvalue weighted by atomic mass is 9.91. The summed E-state index contributed by atoms with van der Waals surface area (Å²) in [7, 11) is 0. The van der Waals surface area contributed by atoms with Gasteiger partial charge in [-0.25, -0.2) is 9.49 Å². The van der Waals surface area contributed by atoms with Gasteiger partial charge in [0.15, 0.2) is 0 Å². The molecule has 0 spiro atoms. The number of halogens is 4. The van der Waals surface area contributed by atoms with Crippen molar-refractivity contribution in [3.63, 3.8) is 0 Å². The molecule has 0 unspecified atom stereocenters. The highest BCUT2D eigenvalue weighted by Crippen LogP contribution is 2.44. The Kier molecular flexibility index (Phi) is 4.84. The van der Waals surface area contributed by atoms with E-state index in [-0.39, 0.29) is 62.1 Å². The van der Waals surface area contributed by atoms with Crippen LogP contribution in [0.25, 0.3) is 0 Å². The van der Waals surface area contributed by atoms with E-state index in [0.29, 0.717) is 13.1 Å². The molecule has 0 aromatic carbocycles. The molecule has 2 aliphatic heterocycles. The van der Waals surface area contributed by atoms with E-state index in [1.54, 1.807) is 9.80 Å². The fraction of sp³-hybridized carbons (Fsp3) is 0.700. The van der Waals surface area contributed by atoms with Gasteiger partial charge in [-0.1, -0.05) is 0 Å². The van der Waals surface area contributed by atoms with Crippen LogP contribution >= 0.6 is 0 Å². The van der Waals surface area contributed by atoms with Gasteiger partial charge in [-0.2, -0.15) is 18.3 Å². The minimum absolute atomic E-state index is 0.0203. The van der Waals surface area contributed by atoms with Gasteiger partial charge >= 0.3 is 6.18 Å². The molecule has 12 heteroatoms. The van der Waals surface area contributed by atoms with Crippen molar-refractivity contribution < 1.29 is 27.2 Å². The number of likely N-dealkylation sites (tertiary alicyclic amines) is 1. The minimum atomic E-state index is -4.80. The number of nitrogens with zero attached hydrogens (tertiary/aromatic N) is 4. The standard InChI is InChI=1S/C20H23F4N5O3/c21-19(18(32)28-7-5-27(6-8-28)17(31)11-1-2-11)9-29(10-19)13-4-3-12-14(20(22,23)24)16(30)26-25-15(12)13/h11,13H,1-10H2,(H,26,30)/t13-/m1/s1. The molecule has 1 aromatic heterocycles. The normalized spacial score (nSPS) is 25.4. The average Bonchev–Trinajstić information content (AvgIpc) is 3.49. The maximum Gasteiger partial charge on any atom is 0.422 e. The van der Waals surface area contributed by atoms with E-state index in [2.05, 4.69) is 5.10 Å². The average molecular weight is 457 g/mol. The second kappa shape index (κ2) is 7.26. The van der Waals surface area contributed by atoms with Gasteiger partial charge in [0.2, 0.25) is 11.6 Å². The number of fused-ring (bicyclic) bond motifs is 1. The van der Waals surface area contributed by atoms with Gasteiger partial charge in [0.1, 0.15) is 5.56 Å². The third-order valence-electron chi connectivity index (χ3n) is 6.92. The lowest BCUT2D eigenvalue weighted by Crippen LogP contribution is -2.68. The number of aromatic amines is 1. The minimum Gasteiger partial charge on any atom is -0.339 e. The summed E-state index contributed by atoms with van der Waals surface area (Å²) in [6.07, 6.45) is -2.70. The Balaban J connectivity index is 1.22. The Morgan fingerprint density at radius 1 is 1.03 bits per heavy atom. The number of piperazine rings is 1. The summed E-state index contributed by atoms with van der Waals surface area (Å²) >= 11 is 0. The molecule has 1 N–H and O–H groups in total. The first-order valence-corrected chi connectivity index (χ1v) is 10.8. The van der Waals surface area contributed by atoms with Gasteiger partial charge < -0.3 is 9.80 Å². The topological polar surface area (TPSA) is 89.6 Å². The highest BCUT2D eigenvalue weighted by atomic mass is 19.4. The molecular formula is C20H23F4N5O3. The van der Waals surface area contributed by atoms with E-state index in [1.165, 1.54) is 4.90 Å². The summed E-state index contributed by atoms with van der Waals surface area (Å²) < 4.78 is 55.2. The predicted octanol–water partition coefficient (Wildman–Crippen LogP) is 0.881. The number of carbonyl (C=O) groups is 2. The summed E-state index contributed by atoms with van der Waals surface area (Å²) in [5.41, 5.74) is -4.69. The number of hydrogen-bond donors (Lipinski definition) is 1. The first-order chi connectivity index (χ1) is 15.1. The van der Waals surface area contributed by atoms with Crippen molar-refractivity contribution in [3.05, 3.63) is 27.2 Å². The molecular weight excluding hydrogens is 434 g/mol. The largest absolute Gasteiger partial charge is 0.422 e. The van der Waals surface area contributed by atoms with Gasteiger partial charge in [-0.05, 0) is 31.2 Å². The summed E-state index contributed by atoms with van der Waals surface area (Å²) in [6.45, 7) is 0.835. The van der Waals surface area contributed by atoms with Crippen molar-refractivity contribution in [1.29, 1.82) is 0 Å². The van der Waals surface area contributed by atoms with Crippen LogP contribution in [0.1, 0.15) is 42.1 Å². The molecule has 2 saturated heterocycles. The number of H-pyrrole nitrogens is 1. The molecule has 3 heterocycles. The Labute approximate surface area is 180 Å². The third-order valence-corrected chi connectivity index (χ3v) is 6.92. The lowest BCUT2D eigenvalue weighted by Gasteiger charge is -2.48. The molecule has 174 valence electrons. The molecule has 4 aliphatic rings. The van der Waals surface area contributed by atoms with E-state index < -0.39 is 34.9 Å². The van der Waals surface area contributed by atoms with E-state index in [1.807, 2.05) is 5.10 Å². The van der Waals surface area contributed by atoms with Crippen molar-refractivity contribution in [1.82, 2.24) is 24.9 Å². The van der Waals surface area contributed by atoms with Crippen LogP contribution in [0.4, 0.5) is 17.6 Å². The molecule has 2 amide bonds. The fourth-order valence-electron chi connectivity index (χ4n) is 5.06. The van der Waals surface area contributed by atoms with Gasteiger partial charge in [0.05, 0.1) is 11.7 Å². The van der Waals surface area contributed by atoms with Crippen LogP contribution < -0.4 is 5.56 Å². The number of hydrogen-bond acceptors (Lipinski definition) is 5. The van der Waals surface area contributed by atoms with E-state index >= 15 is 4.39 Å². The number of alkyl halides is 4. The van der Waals surface area contributed by atoms with E-state index in [4.69, 9.17) is 0 Å². The molecule has 5 rings (SSSR count). The molecule has 0 radical (unpaired) electrons. The highest BCUT2D eigenvalue weighted by Gasteiger charge is 2.55. The summed E-state index contributed by atoms with van der Waals surface area (Å²) in [4.78, 5) is 41.3. The van der Waals surface area contributed by atoms with E-state index in [0.717, 1.165) is 12.8 Å². The third kappa shape index (κ3) is 3.48. The van der Waals surface area contributed by atoms with Crippen LogP contribution in [0.15, 0.2) is 4.79 Å². The Bertz CT molecular complexity index is 1010. The quantitative estimate of drug-likeness (QED) is 0.681. The van der Waals surface area contributed by atoms with Crippen LogP contribution in [-0.2, 0) is 22.2 Å². The van der Waals surface area contributed by atoms with Crippen LogP contribution in [-0.4, -0.2) is 81.6 Å². The molecule has 1 saturated carbocycles. The summed E-state index contributed by atoms with van der Waals surface area (Å²) in [5.74, 6) is -0.442. The molecule has 1 atom stereocenters. The number of aromatic nitrogens is 2. The lowest BCUT2D eigenvalue weighted by molar-refractivity contribution is -0.162. The van der Waals surface area contributed by atoms with Crippen molar-refractivity contribution in [3.8, 4) is 0 Å². The maximum absolute atomic E-state index is 15.3. The zero-order valence-electron chi connectivity index (χ0n) is 17.3. The fourth-order valence-corrected chi connectivity index (χ4v) is 5.06. The summed E-state index contributed by atoms with van der Waals surface area (Å²) in [5, 5.41) is 5.72. The Hall–Kier alpha value is -2.50. The second-order valence-corrected chi connectivity index (χ2v) is 9.11. The number of nitrogens with one attached hydrogen (secondary N) is 1.